The molecule has 0 fully saturated rings. The van der Waals surface area contributed by atoms with E-state index in [-0.39, 0.29) is 5.69 Å². The number of carbonyl (C=O) groups excluding carboxylic acids is 1. The van der Waals surface area contributed by atoms with Gasteiger partial charge in [-0.1, -0.05) is 6.07 Å². The third kappa shape index (κ3) is 2.26. The molecule has 72 valence electrons. The molecule has 0 bridgehead atoms. The Balaban J connectivity index is 3.21. The van der Waals surface area contributed by atoms with Crippen molar-refractivity contribution in [2.75, 3.05) is 0 Å². The van der Waals surface area contributed by atoms with Gasteiger partial charge in [0.15, 0.2) is 0 Å². The van der Waals surface area contributed by atoms with Crippen LogP contribution in [0.2, 0.25) is 0 Å². The van der Waals surface area contributed by atoms with Gasteiger partial charge in [-0.05, 0) is 30.7 Å². The number of hydrogen-bond donors (Lipinski definition) is 0. The quantitative estimate of drug-likeness (QED) is 0.318. The zero-order chi connectivity index (χ0) is 10.6. The molecule has 1 aromatic rings. The zero-order valence-corrected chi connectivity index (χ0v) is 7.64. The van der Waals surface area contributed by atoms with Crippen molar-refractivity contribution in [3.8, 4) is 0 Å². The van der Waals surface area contributed by atoms with Crippen molar-refractivity contribution in [1.82, 2.24) is 0 Å². The minimum Gasteiger partial charge on any atom is -0.299 e. The van der Waals surface area contributed by atoms with Gasteiger partial charge in [0.25, 0.3) is 5.69 Å². The fourth-order valence-electron chi connectivity index (χ4n) is 1.10. The lowest BCUT2D eigenvalue weighted by Crippen LogP contribution is -1.92. The Morgan fingerprint density at radius 3 is 2.71 bits per heavy atom. The fourth-order valence-corrected chi connectivity index (χ4v) is 1.10. The summed E-state index contributed by atoms with van der Waals surface area (Å²) >= 11 is 0. The predicted molar refractivity (Wildman–Crippen MR) is 52.9 cm³/mol. The van der Waals surface area contributed by atoms with Crippen LogP contribution in [-0.4, -0.2) is 11.2 Å². The summed E-state index contributed by atoms with van der Waals surface area (Å²) in [6.45, 7) is 1.78. The van der Waals surface area contributed by atoms with Gasteiger partial charge < -0.3 is 0 Å². The average Bonchev–Trinajstić information content (AvgIpc) is 2.15. The van der Waals surface area contributed by atoms with Crippen LogP contribution in [0.25, 0.3) is 6.08 Å². The smallest absolute Gasteiger partial charge is 0.276 e. The van der Waals surface area contributed by atoms with E-state index in [0.717, 1.165) is 5.56 Å². The molecule has 0 aliphatic rings. The molecule has 4 nitrogen and oxygen atoms in total. The summed E-state index contributed by atoms with van der Waals surface area (Å²) in [6, 6.07) is 4.86. The van der Waals surface area contributed by atoms with E-state index in [2.05, 4.69) is 0 Å². The number of aryl methyl sites for hydroxylation is 1. The van der Waals surface area contributed by atoms with Crippen LogP contribution in [0.1, 0.15) is 11.1 Å². The Kier molecular flexibility index (Phi) is 3.12. The molecule has 0 aliphatic heterocycles. The fraction of sp³-hybridized carbons (Fsp3) is 0.100. The molecule has 4 heteroatoms. The van der Waals surface area contributed by atoms with Gasteiger partial charge in [-0.15, -0.1) is 0 Å². The van der Waals surface area contributed by atoms with Crippen molar-refractivity contribution < 1.29 is 9.72 Å². The maximum atomic E-state index is 10.6. The number of nitro benzene ring substituents is 1. The van der Waals surface area contributed by atoms with Gasteiger partial charge >= 0.3 is 0 Å². The van der Waals surface area contributed by atoms with Crippen molar-refractivity contribution in [3.05, 3.63) is 45.5 Å². The second kappa shape index (κ2) is 4.32. The number of benzene rings is 1. The molecule has 0 saturated heterocycles. The van der Waals surface area contributed by atoms with E-state index in [0.29, 0.717) is 11.8 Å². The highest BCUT2D eigenvalue weighted by atomic mass is 16.6. The Morgan fingerprint density at radius 1 is 1.43 bits per heavy atom. The summed E-state index contributed by atoms with van der Waals surface area (Å²) in [5.74, 6) is 0. The molecular weight excluding hydrogens is 182 g/mol. The van der Waals surface area contributed by atoms with Gasteiger partial charge in [0.1, 0.15) is 6.29 Å². The molecule has 0 atom stereocenters. The summed E-state index contributed by atoms with van der Waals surface area (Å²) in [7, 11) is 0. The zero-order valence-electron chi connectivity index (χ0n) is 7.64. The minimum atomic E-state index is -0.461. The van der Waals surface area contributed by atoms with Crippen molar-refractivity contribution in [2.24, 2.45) is 0 Å². The number of allylic oxidation sites excluding steroid dienone is 1. The van der Waals surface area contributed by atoms with Crippen LogP contribution in [0.15, 0.2) is 24.3 Å². The standard InChI is InChI=1S/C10H9NO3/c1-8-4-5-9(3-2-6-12)10(7-8)11(13)14/h2-7H,1H3/b3-2+. The first-order chi connectivity index (χ1) is 6.65. The van der Waals surface area contributed by atoms with Gasteiger partial charge in [-0.2, -0.15) is 0 Å². The normalized spacial score (nSPS) is 10.4. The topological polar surface area (TPSA) is 60.2 Å². The van der Waals surface area contributed by atoms with Crippen LogP contribution in [0, 0.1) is 17.0 Å². The summed E-state index contributed by atoms with van der Waals surface area (Å²) < 4.78 is 0. The Bertz CT molecular complexity index is 396. The number of nitro groups is 1. The van der Waals surface area contributed by atoms with Gasteiger partial charge in [0.05, 0.1) is 10.5 Å². The molecule has 0 aliphatic carbocycles. The first-order valence-corrected chi connectivity index (χ1v) is 4.02. The van der Waals surface area contributed by atoms with E-state index >= 15 is 0 Å². The predicted octanol–water partition coefficient (Wildman–Crippen LogP) is 2.12. The second-order valence-electron chi connectivity index (χ2n) is 2.81. The number of rotatable bonds is 3. The van der Waals surface area contributed by atoms with Crippen LogP contribution >= 0.6 is 0 Å². The molecule has 14 heavy (non-hydrogen) atoms. The highest BCUT2D eigenvalue weighted by Crippen LogP contribution is 2.20. The molecule has 1 rings (SSSR count). The van der Waals surface area contributed by atoms with E-state index in [4.69, 9.17) is 0 Å². The molecule has 0 spiro atoms. The minimum absolute atomic E-state index is 0.0168. The van der Waals surface area contributed by atoms with E-state index in [1.807, 2.05) is 0 Å². The van der Waals surface area contributed by atoms with Crippen molar-refractivity contribution in [2.45, 2.75) is 6.92 Å². The van der Waals surface area contributed by atoms with Crippen LogP contribution in [0.3, 0.4) is 0 Å². The molecule has 0 saturated carbocycles. The first-order valence-electron chi connectivity index (χ1n) is 4.02. The van der Waals surface area contributed by atoms with Crippen LogP contribution < -0.4 is 0 Å². The summed E-state index contributed by atoms with van der Waals surface area (Å²) in [4.78, 5) is 20.2. The number of hydrogen-bond acceptors (Lipinski definition) is 3. The maximum absolute atomic E-state index is 10.6. The van der Waals surface area contributed by atoms with E-state index in [9.17, 15) is 14.9 Å². The van der Waals surface area contributed by atoms with Gasteiger partial charge in [-0.25, -0.2) is 0 Å². The third-order valence-electron chi connectivity index (χ3n) is 1.74. The lowest BCUT2D eigenvalue weighted by atomic mass is 10.1. The summed E-state index contributed by atoms with van der Waals surface area (Å²) in [5, 5.41) is 10.6. The second-order valence-corrected chi connectivity index (χ2v) is 2.81. The van der Waals surface area contributed by atoms with Crippen molar-refractivity contribution in [3.63, 3.8) is 0 Å². The lowest BCUT2D eigenvalue weighted by Gasteiger charge is -1.98. The maximum Gasteiger partial charge on any atom is 0.276 e. The highest BCUT2D eigenvalue weighted by molar-refractivity contribution is 5.76. The summed E-state index contributed by atoms with van der Waals surface area (Å²) in [6.07, 6.45) is 3.24. The molecule has 0 aromatic heterocycles. The molecule has 0 unspecified atom stereocenters. The molecule has 0 N–H and O–H groups in total. The Morgan fingerprint density at radius 2 is 2.14 bits per heavy atom. The van der Waals surface area contributed by atoms with Crippen LogP contribution in [-0.2, 0) is 4.79 Å². The van der Waals surface area contributed by atoms with E-state index < -0.39 is 4.92 Å². The average molecular weight is 191 g/mol. The monoisotopic (exact) mass is 191 g/mol. The number of nitrogens with zero attached hydrogens (tertiary/aromatic N) is 1. The highest BCUT2D eigenvalue weighted by Gasteiger charge is 2.10. The number of aldehydes is 1. The Hall–Kier alpha value is -1.97. The van der Waals surface area contributed by atoms with Gasteiger partial charge in [0.2, 0.25) is 0 Å². The molecule has 0 amide bonds. The molecule has 0 radical (unpaired) electrons. The molecular formula is C10H9NO3. The van der Waals surface area contributed by atoms with Crippen LogP contribution in [0.5, 0.6) is 0 Å². The lowest BCUT2D eigenvalue weighted by molar-refractivity contribution is -0.385. The van der Waals surface area contributed by atoms with Gasteiger partial charge in [0, 0.05) is 6.07 Å². The van der Waals surface area contributed by atoms with Crippen LogP contribution in [0.4, 0.5) is 5.69 Å². The summed E-state index contributed by atoms with van der Waals surface area (Å²) in [5.41, 5.74) is 1.27. The Labute approximate surface area is 81.0 Å². The van der Waals surface area contributed by atoms with E-state index in [1.54, 1.807) is 19.1 Å². The largest absolute Gasteiger partial charge is 0.299 e. The molecule has 1 aromatic carbocycles. The van der Waals surface area contributed by atoms with E-state index in [1.165, 1.54) is 18.2 Å². The molecule has 0 heterocycles. The third-order valence-corrected chi connectivity index (χ3v) is 1.74. The number of carbonyl (C=O) groups is 1. The van der Waals surface area contributed by atoms with Gasteiger partial charge in [-0.3, -0.25) is 14.9 Å². The van der Waals surface area contributed by atoms with Crippen molar-refractivity contribution in [1.29, 1.82) is 0 Å². The van der Waals surface area contributed by atoms with Crippen molar-refractivity contribution >= 4 is 18.0 Å². The SMILES string of the molecule is Cc1ccc(/C=C/C=O)c([N+](=O)[O-])c1. The first kappa shape index (κ1) is 10.1.